The highest BCUT2D eigenvalue weighted by Gasteiger charge is 2.54. The van der Waals surface area contributed by atoms with Gasteiger partial charge in [0.2, 0.25) is 0 Å². The summed E-state index contributed by atoms with van der Waals surface area (Å²) in [6, 6.07) is 120. The fraction of sp³-hybridized carbons (Fsp3) is 0.0882. The van der Waals surface area contributed by atoms with Crippen molar-refractivity contribution in [2.24, 2.45) is 0 Å². The smallest absolute Gasteiger partial charge is 0.164 e. The minimum absolute atomic E-state index is 0.0760. The zero-order chi connectivity index (χ0) is 71.3. The fourth-order valence-electron chi connectivity index (χ4n) is 18.5. The van der Waals surface area contributed by atoms with Crippen molar-refractivity contribution < 1.29 is 0 Å². The molecule has 0 N–H and O–H groups in total. The van der Waals surface area contributed by atoms with E-state index in [-0.39, 0.29) is 16.7 Å². The highest BCUT2D eigenvalue weighted by atomic mass is 15.0. The van der Waals surface area contributed by atoms with Crippen LogP contribution in [0.1, 0.15) is 90.1 Å². The summed E-state index contributed by atoms with van der Waals surface area (Å²) in [5.74, 6) is 2.74. The van der Waals surface area contributed by atoms with E-state index in [0.29, 0.717) is 23.3 Å². The van der Waals surface area contributed by atoms with E-state index in [9.17, 15) is 0 Å². The summed E-state index contributed by atoms with van der Waals surface area (Å²) in [6.45, 7) is 9.49. The van der Waals surface area contributed by atoms with Crippen molar-refractivity contribution in [3.05, 3.63) is 395 Å². The summed E-state index contributed by atoms with van der Waals surface area (Å²) >= 11 is 0. The molecular weight excluding hydrogens is 1300 g/mol. The molecule has 1 unspecified atom stereocenters. The van der Waals surface area contributed by atoms with E-state index in [1.54, 1.807) is 0 Å². The molecule has 107 heavy (non-hydrogen) atoms. The van der Waals surface area contributed by atoms with Crippen LogP contribution in [0.25, 0.3) is 151 Å². The van der Waals surface area contributed by atoms with Crippen LogP contribution in [0.15, 0.2) is 345 Å². The van der Waals surface area contributed by atoms with Gasteiger partial charge in [0.1, 0.15) is 0 Å². The molecule has 5 heteroatoms. The van der Waals surface area contributed by atoms with Crippen LogP contribution in [0.3, 0.4) is 0 Å². The summed E-state index contributed by atoms with van der Waals surface area (Å²) in [5, 5.41) is 2.34. The number of allylic oxidation sites excluding steroid dienone is 4. The molecule has 5 aliphatic rings. The van der Waals surface area contributed by atoms with Gasteiger partial charge < -0.3 is 0 Å². The first-order valence-corrected chi connectivity index (χ1v) is 37.4. The maximum Gasteiger partial charge on any atom is 0.164 e. The number of benzene rings is 14. The Kier molecular flexibility index (Phi) is 14.0. The molecule has 21 rings (SSSR count). The van der Waals surface area contributed by atoms with Gasteiger partial charge >= 0.3 is 0 Å². The first kappa shape index (κ1) is 62.5. The molecule has 0 saturated heterocycles. The van der Waals surface area contributed by atoms with E-state index in [1.165, 1.54) is 122 Å². The van der Waals surface area contributed by atoms with Gasteiger partial charge in [0, 0.05) is 50.1 Å². The van der Waals surface area contributed by atoms with Crippen molar-refractivity contribution in [3.63, 3.8) is 0 Å². The number of nitrogens with zero attached hydrogens (tertiary/aromatic N) is 5. The van der Waals surface area contributed by atoms with Crippen molar-refractivity contribution in [2.75, 3.05) is 0 Å². The molecule has 0 saturated carbocycles. The molecule has 2 aromatic heterocycles. The van der Waals surface area contributed by atoms with Gasteiger partial charge in [-0.25, -0.2) is 24.9 Å². The van der Waals surface area contributed by atoms with Crippen molar-refractivity contribution >= 4 is 16.3 Å². The number of hydrogen-bond donors (Lipinski definition) is 0. The Labute approximate surface area is 623 Å². The third kappa shape index (κ3) is 9.87. The van der Waals surface area contributed by atoms with E-state index < -0.39 is 5.41 Å². The molecule has 2 heterocycles. The monoisotopic (exact) mass is 1370 g/mol. The van der Waals surface area contributed by atoms with E-state index >= 15 is 0 Å². The SMILES string of the molecule is CC1(C)c2ccccc2-c2ccc(-c3ccc(-c4nc(-c5ccccc5)nc(-c5ccc(-c6ccc7c(c6)C(C)(C)c6cc(C8C=CC9=C(C8)C8(c%10cc(-c%11cc(-c%12ccc(-c%13ccccc%13)cc%12)nc(-c%12ccc%13ccccc%13c%12)n%11)ccc%109)c9ccccc9-c9ccccc98)ccc6-7)cc5)n4)cc3)cc21. The Morgan fingerprint density at radius 2 is 0.636 bits per heavy atom. The highest BCUT2D eigenvalue weighted by molar-refractivity contribution is 5.99. The molecule has 0 fully saturated rings. The molecule has 0 radical (unpaired) electrons. The van der Waals surface area contributed by atoms with Gasteiger partial charge in [0.15, 0.2) is 23.3 Å². The van der Waals surface area contributed by atoms with E-state index in [2.05, 4.69) is 349 Å². The third-order valence-corrected chi connectivity index (χ3v) is 24.0. The van der Waals surface area contributed by atoms with E-state index in [4.69, 9.17) is 24.9 Å². The minimum Gasteiger partial charge on any atom is -0.228 e. The predicted octanol–water partition coefficient (Wildman–Crippen LogP) is 25.3. The molecule has 1 spiro atoms. The summed E-state index contributed by atoms with van der Waals surface area (Å²) in [7, 11) is 0. The average molecular weight is 1370 g/mol. The van der Waals surface area contributed by atoms with Crippen LogP contribution in [0.5, 0.6) is 0 Å². The van der Waals surface area contributed by atoms with Gasteiger partial charge in [0.05, 0.1) is 16.8 Å². The maximum atomic E-state index is 5.53. The second kappa shape index (κ2) is 24.0. The summed E-state index contributed by atoms with van der Waals surface area (Å²) in [6.07, 6.45) is 5.82. The van der Waals surface area contributed by atoms with E-state index in [0.717, 1.165) is 67.7 Å². The molecule has 16 aromatic rings. The molecule has 0 amide bonds. The molecule has 0 aliphatic heterocycles. The van der Waals surface area contributed by atoms with Crippen LogP contribution >= 0.6 is 0 Å². The van der Waals surface area contributed by atoms with Crippen LogP contribution in [0.2, 0.25) is 0 Å². The van der Waals surface area contributed by atoms with Gasteiger partial charge in [-0.05, 0) is 176 Å². The lowest BCUT2D eigenvalue weighted by molar-refractivity contribution is 0.653. The number of hydrogen-bond acceptors (Lipinski definition) is 5. The third-order valence-electron chi connectivity index (χ3n) is 24.0. The van der Waals surface area contributed by atoms with Gasteiger partial charge in [-0.1, -0.05) is 337 Å². The van der Waals surface area contributed by atoms with Gasteiger partial charge in [-0.15, -0.1) is 0 Å². The molecule has 504 valence electrons. The van der Waals surface area contributed by atoms with Crippen molar-refractivity contribution in [2.45, 2.75) is 56.3 Å². The fourth-order valence-corrected chi connectivity index (χ4v) is 18.5. The standard InChI is InChI=1S/C102H71N5/c1-100(2)86-28-16-13-25-78(86)81-50-45-72(56-89(81)100)65-33-40-69(41-34-65)97-105-96(68-22-9-6-10-23-68)106-98(107-97)70-42-35-66(36-43-70)73-46-51-82-83-52-47-74(58-91(83)101(3,4)90(82)57-73)75-48-53-84-85-54-49-76(60-93(85)102(92(84)59-75)87-29-17-14-26-79(87)80-27-15-18-30-88(80)102)95-61-94(67-38-31-64(32-39-67)62-19-7-5-8-20-62)103-99(104-95)77-44-37-63-21-11-12-24-71(63)55-77/h5-58,60-61,75H,59H2,1-4H3. The second-order valence-corrected chi connectivity index (χ2v) is 30.6. The van der Waals surface area contributed by atoms with Crippen molar-refractivity contribution in [1.29, 1.82) is 0 Å². The lowest BCUT2D eigenvalue weighted by atomic mass is 9.66. The quantitative estimate of drug-likeness (QED) is 0.137. The largest absolute Gasteiger partial charge is 0.228 e. The lowest BCUT2D eigenvalue weighted by Crippen LogP contribution is -2.28. The number of aromatic nitrogens is 5. The van der Waals surface area contributed by atoms with E-state index in [1.807, 2.05) is 18.2 Å². The Bertz CT molecular complexity index is 6390. The number of fused-ring (bicyclic) bond motifs is 16. The summed E-state index contributed by atoms with van der Waals surface area (Å²) < 4.78 is 0. The van der Waals surface area contributed by atoms with Gasteiger partial charge in [0.25, 0.3) is 0 Å². The van der Waals surface area contributed by atoms with Crippen LogP contribution in [0, 0.1) is 0 Å². The average Bonchev–Trinajstić information content (AvgIpc) is 1.51. The van der Waals surface area contributed by atoms with Gasteiger partial charge in [-0.2, -0.15) is 0 Å². The maximum absolute atomic E-state index is 5.53. The molecule has 0 bridgehead atoms. The minimum atomic E-state index is -0.536. The van der Waals surface area contributed by atoms with Crippen LogP contribution < -0.4 is 0 Å². The van der Waals surface area contributed by atoms with Crippen LogP contribution in [-0.2, 0) is 16.2 Å². The zero-order valence-electron chi connectivity index (χ0n) is 59.9. The van der Waals surface area contributed by atoms with Crippen molar-refractivity contribution in [1.82, 2.24) is 24.9 Å². The first-order chi connectivity index (χ1) is 52.5. The van der Waals surface area contributed by atoms with Gasteiger partial charge in [-0.3, -0.25) is 0 Å². The Morgan fingerprint density at radius 3 is 1.23 bits per heavy atom. The van der Waals surface area contributed by atoms with Crippen LogP contribution in [-0.4, -0.2) is 24.9 Å². The molecule has 5 nitrogen and oxygen atoms in total. The first-order valence-electron chi connectivity index (χ1n) is 37.4. The zero-order valence-corrected chi connectivity index (χ0v) is 59.9. The molecule has 1 atom stereocenters. The molecule has 14 aromatic carbocycles. The topological polar surface area (TPSA) is 64.5 Å². The summed E-state index contributed by atoms with van der Waals surface area (Å²) in [5.41, 5.74) is 36.4. The Hall–Kier alpha value is -13.1. The lowest BCUT2D eigenvalue weighted by Gasteiger charge is -2.35. The van der Waals surface area contributed by atoms with Crippen LogP contribution in [0.4, 0.5) is 0 Å². The Morgan fingerprint density at radius 1 is 0.252 bits per heavy atom. The predicted molar refractivity (Wildman–Crippen MR) is 439 cm³/mol. The highest BCUT2D eigenvalue weighted by Crippen LogP contribution is 2.65. The molecular formula is C102H71N5. The van der Waals surface area contributed by atoms with Crippen molar-refractivity contribution in [3.8, 4) is 135 Å². The number of rotatable bonds is 10. The summed E-state index contributed by atoms with van der Waals surface area (Å²) in [4.78, 5) is 26.4. The normalized spacial score (nSPS) is 15.3. The molecule has 5 aliphatic carbocycles. The second-order valence-electron chi connectivity index (χ2n) is 30.6. The Balaban J connectivity index is 0.590.